The lowest BCUT2D eigenvalue weighted by Crippen LogP contribution is -2.40. The third-order valence-electron chi connectivity index (χ3n) is 3.09. The molecule has 1 amide bonds. The molecular formula is C14H19NO3. The second kappa shape index (κ2) is 5.87. The lowest BCUT2D eigenvalue weighted by molar-refractivity contribution is -0.130. The fourth-order valence-electron chi connectivity index (χ4n) is 2.16. The quantitative estimate of drug-likeness (QED) is 0.852. The van der Waals surface area contributed by atoms with Crippen LogP contribution >= 0.6 is 0 Å². The summed E-state index contributed by atoms with van der Waals surface area (Å²) in [5.74, 6) is 0.244. The molecule has 18 heavy (non-hydrogen) atoms. The van der Waals surface area contributed by atoms with E-state index in [-0.39, 0.29) is 23.8 Å². The first kappa shape index (κ1) is 12.9. The van der Waals surface area contributed by atoms with Gasteiger partial charge in [0.2, 0.25) is 5.91 Å². The first-order valence-electron chi connectivity index (χ1n) is 6.35. The van der Waals surface area contributed by atoms with Gasteiger partial charge in [-0.2, -0.15) is 0 Å². The van der Waals surface area contributed by atoms with Crippen molar-refractivity contribution < 1.29 is 14.6 Å². The number of ether oxygens (including phenoxy) is 1. The molecule has 1 saturated heterocycles. The number of amides is 1. The van der Waals surface area contributed by atoms with E-state index in [4.69, 9.17) is 4.74 Å². The topological polar surface area (TPSA) is 58.6 Å². The van der Waals surface area contributed by atoms with Crippen LogP contribution in [-0.2, 0) is 16.0 Å². The van der Waals surface area contributed by atoms with Crippen LogP contribution in [0.5, 0.6) is 5.75 Å². The smallest absolute Gasteiger partial charge is 0.249 e. The Kier molecular flexibility index (Phi) is 4.20. The maximum atomic E-state index is 11.8. The van der Waals surface area contributed by atoms with Crippen LogP contribution in [0.15, 0.2) is 24.3 Å². The Morgan fingerprint density at radius 1 is 1.50 bits per heavy atom. The Labute approximate surface area is 107 Å². The van der Waals surface area contributed by atoms with Crippen LogP contribution in [0.3, 0.4) is 0 Å². The standard InChI is InChI=1S/C14H19NO3/c1-10(9-11-4-6-12(16)7-5-11)15-14(17)13-3-2-8-18-13/h4-7,10,13,16H,2-3,8-9H2,1H3,(H,15,17)/t10?,13-/m1/s1. The SMILES string of the molecule is CC(Cc1ccc(O)cc1)NC(=O)[C@H]1CCCO1. The minimum absolute atomic E-state index is 0.0150. The highest BCUT2D eigenvalue weighted by atomic mass is 16.5. The summed E-state index contributed by atoms with van der Waals surface area (Å²) < 4.78 is 5.34. The van der Waals surface area contributed by atoms with Crippen LogP contribution in [0.4, 0.5) is 0 Å². The highest BCUT2D eigenvalue weighted by Crippen LogP contribution is 2.13. The van der Waals surface area contributed by atoms with Crippen molar-refractivity contribution in [2.75, 3.05) is 6.61 Å². The number of hydrogen-bond acceptors (Lipinski definition) is 3. The monoisotopic (exact) mass is 249 g/mol. The van der Waals surface area contributed by atoms with E-state index in [9.17, 15) is 9.90 Å². The summed E-state index contributed by atoms with van der Waals surface area (Å²) in [5.41, 5.74) is 1.09. The molecule has 0 aromatic heterocycles. The number of rotatable bonds is 4. The number of nitrogens with one attached hydrogen (secondary N) is 1. The van der Waals surface area contributed by atoms with Crippen LogP contribution in [0, 0.1) is 0 Å². The maximum Gasteiger partial charge on any atom is 0.249 e. The van der Waals surface area contributed by atoms with E-state index in [1.807, 2.05) is 19.1 Å². The van der Waals surface area contributed by atoms with Crippen LogP contribution in [0.2, 0.25) is 0 Å². The molecule has 2 rings (SSSR count). The first-order valence-corrected chi connectivity index (χ1v) is 6.35. The van der Waals surface area contributed by atoms with Crippen molar-refractivity contribution in [3.8, 4) is 5.75 Å². The van der Waals surface area contributed by atoms with E-state index < -0.39 is 0 Å². The zero-order valence-electron chi connectivity index (χ0n) is 10.6. The van der Waals surface area contributed by atoms with E-state index in [0.717, 1.165) is 24.8 Å². The zero-order valence-corrected chi connectivity index (χ0v) is 10.6. The number of aromatic hydroxyl groups is 1. The molecule has 1 fully saturated rings. The van der Waals surface area contributed by atoms with Gasteiger partial charge < -0.3 is 15.2 Å². The molecule has 1 unspecified atom stereocenters. The molecule has 4 nitrogen and oxygen atoms in total. The number of carbonyl (C=O) groups is 1. The summed E-state index contributed by atoms with van der Waals surface area (Å²) in [7, 11) is 0. The number of carbonyl (C=O) groups excluding carboxylic acids is 1. The summed E-state index contributed by atoms with van der Waals surface area (Å²) in [5, 5.41) is 12.2. The molecule has 0 aliphatic carbocycles. The fraction of sp³-hybridized carbons (Fsp3) is 0.500. The summed E-state index contributed by atoms with van der Waals surface area (Å²) in [6, 6.07) is 7.11. The van der Waals surface area contributed by atoms with Gasteiger partial charge in [0, 0.05) is 12.6 Å². The summed E-state index contributed by atoms with van der Waals surface area (Å²) in [6.45, 7) is 2.66. The Hall–Kier alpha value is -1.55. The minimum Gasteiger partial charge on any atom is -0.508 e. The fourth-order valence-corrected chi connectivity index (χ4v) is 2.16. The summed E-state index contributed by atoms with van der Waals surface area (Å²) in [6.07, 6.45) is 2.26. The molecule has 98 valence electrons. The first-order chi connectivity index (χ1) is 8.65. The van der Waals surface area contributed by atoms with Gasteiger partial charge in [-0.1, -0.05) is 12.1 Å². The van der Waals surface area contributed by atoms with Gasteiger partial charge in [-0.25, -0.2) is 0 Å². The van der Waals surface area contributed by atoms with Crippen molar-refractivity contribution in [3.05, 3.63) is 29.8 Å². The van der Waals surface area contributed by atoms with Crippen LogP contribution in [0.25, 0.3) is 0 Å². The van der Waals surface area contributed by atoms with Gasteiger partial charge in [0.05, 0.1) is 0 Å². The Balaban J connectivity index is 1.82. The largest absolute Gasteiger partial charge is 0.508 e. The lowest BCUT2D eigenvalue weighted by atomic mass is 10.1. The summed E-state index contributed by atoms with van der Waals surface area (Å²) in [4.78, 5) is 11.8. The van der Waals surface area contributed by atoms with Gasteiger partial charge in [-0.15, -0.1) is 0 Å². The van der Waals surface area contributed by atoms with Crippen LogP contribution in [0.1, 0.15) is 25.3 Å². The number of benzene rings is 1. The van der Waals surface area contributed by atoms with Crippen molar-refractivity contribution in [2.24, 2.45) is 0 Å². The van der Waals surface area contributed by atoms with Crippen molar-refractivity contribution in [1.29, 1.82) is 0 Å². The Morgan fingerprint density at radius 2 is 2.22 bits per heavy atom. The Bertz CT molecular complexity index is 396. The second-order valence-corrected chi connectivity index (χ2v) is 4.78. The molecule has 2 atom stereocenters. The van der Waals surface area contributed by atoms with Crippen molar-refractivity contribution in [1.82, 2.24) is 5.32 Å². The van der Waals surface area contributed by atoms with Gasteiger partial charge in [-0.05, 0) is 43.9 Å². The molecule has 1 heterocycles. The van der Waals surface area contributed by atoms with Gasteiger partial charge in [0.25, 0.3) is 0 Å². The molecule has 2 N–H and O–H groups in total. The number of hydrogen-bond donors (Lipinski definition) is 2. The van der Waals surface area contributed by atoms with E-state index in [2.05, 4.69) is 5.32 Å². The van der Waals surface area contributed by atoms with Crippen LogP contribution < -0.4 is 5.32 Å². The third kappa shape index (κ3) is 3.47. The summed E-state index contributed by atoms with van der Waals surface area (Å²) >= 11 is 0. The highest BCUT2D eigenvalue weighted by molar-refractivity contribution is 5.81. The molecule has 0 radical (unpaired) electrons. The van der Waals surface area contributed by atoms with E-state index in [1.54, 1.807) is 12.1 Å². The van der Waals surface area contributed by atoms with Crippen LogP contribution in [-0.4, -0.2) is 29.8 Å². The van der Waals surface area contributed by atoms with Crippen molar-refractivity contribution in [3.63, 3.8) is 0 Å². The van der Waals surface area contributed by atoms with Crippen molar-refractivity contribution in [2.45, 2.75) is 38.3 Å². The third-order valence-corrected chi connectivity index (χ3v) is 3.09. The molecule has 4 heteroatoms. The highest BCUT2D eigenvalue weighted by Gasteiger charge is 2.24. The normalized spacial score (nSPS) is 20.6. The molecule has 1 aromatic carbocycles. The molecular weight excluding hydrogens is 230 g/mol. The predicted octanol–water partition coefficient (Wildman–Crippen LogP) is 1.62. The maximum absolute atomic E-state index is 11.8. The molecule has 1 aliphatic heterocycles. The van der Waals surface area contributed by atoms with Gasteiger partial charge in [-0.3, -0.25) is 4.79 Å². The number of phenolic OH excluding ortho intramolecular Hbond substituents is 1. The average molecular weight is 249 g/mol. The molecule has 0 saturated carbocycles. The number of phenols is 1. The molecule has 1 aliphatic rings. The molecule has 1 aromatic rings. The average Bonchev–Trinajstić information content (AvgIpc) is 2.85. The van der Waals surface area contributed by atoms with Gasteiger partial charge in [0.1, 0.15) is 11.9 Å². The Morgan fingerprint density at radius 3 is 2.83 bits per heavy atom. The van der Waals surface area contributed by atoms with Gasteiger partial charge >= 0.3 is 0 Å². The second-order valence-electron chi connectivity index (χ2n) is 4.78. The molecule has 0 spiro atoms. The molecule has 0 bridgehead atoms. The van der Waals surface area contributed by atoms with Gasteiger partial charge in [0.15, 0.2) is 0 Å². The van der Waals surface area contributed by atoms with E-state index >= 15 is 0 Å². The zero-order chi connectivity index (χ0) is 13.0. The lowest BCUT2D eigenvalue weighted by Gasteiger charge is -2.16. The van der Waals surface area contributed by atoms with E-state index in [0.29, 0.717) is 6.61 Å². The predicted molar refractivity (Wildman–Crippen MR) is 68.4 cm³/mol. The minimum atomic E-state index is -0.271. The van der Waals surface area contributed by atoms with E-state index in [1.165, 1.54) is 0 Å². The van der Waals surface area contributed by atoms with Crippen molar-refractivity contribution >= 4 is 5.91 Å².